The van der Waals surface area contributed by atoms with E-state index in [1.165, 1.54) is 77.1 Å². The number of nitrogens with one attached hydrogen (secondary N) is 1. The lowest BCUT2D eigenvalue weighted by Gasteiger charge is -2.47. The highest BCUT2D eigenvalue weighted by atomic mass is 15.3. The van der Waals surface area contributed by atoms with Crippen molar-refractivity contribution in [2.75, 3.05) is 44.2 Å². The van der Waals surface area contributed by atoms with Crippen LogP contribution in [-0.2, 0) is 0 Å². The predicted octanol–water partition coefficient (Wildman–Crippen LogP) is 2.73. The van der Waals surface area contributed by atoms with Crippen LogP contribution >= 0.6 is 0 Å². The van der Waals surface area contributed by atoms with Gasteiger partial charge in [0.05, 0.1) is 0 Å². The zero-order valence-electron chi connectivity index (χ0n) is 13.6. The van der Waals surface area contributed by atoms with Gasteiger partial charge in [0, 0.05) is 31.4 Å². The monoisotopic (exact) mass is 299 g/mol. The summed E-state index contributed by atoms with van der Waals surface area (Å²) < 4.78 is 0. The van der Waals surface area contributed by atoms with Gasteiger partial charge in [-0.3, -0.25) is 4.90 Å². The summed E-state index contributed by atoms with van der Waals surface area (Å²) in [5.41, 5.74) is 2.03. The molecular formula is C19H29N3. The van der Waals surface area contributed by atoms with Crippen molar-refractivity contribution in [2.24, 2.45) is 5.41 Å². The first-order chi connectivity index (χ1) is 10.8. The van der Waals surface area contributed by atoms with Crippen molar-refractivity contribution in [2.45, 2.75) is 38.1 Å². The molecule has 3 heterocycles. The number of para-hydroxylation sites is 1. The molecule has 0 radical (unpaired) electrons. The maximum atomic E-state index is 3.54. The van der Waals surface area contributed by atoms with E-state index in [2.05, 4.69) is 45.4 Å². The van der Waals surface area contributed by atoms with Crippen LogP contribution in [0.3, 0.4) is 0 Å². The van der Waals surface area contributed by atoms with Crippen molar-refractivity contribution in [1.29, 1.82) is 0 Å². The molecule has 0 amide bonds. The summed E-state index contributed by atoms with van der Waals surface area (Å²) in [6.07, 6.45) is 6.97. The molecule has 3 aliphatic rings. The second-order valence-corrected chi connectivity index (χ2v) is 7.55. The molecule has 1 aromatic carbocycles. The number of nitrogens with zero attached hydrogens (tertiary/aromatic N) is 2. The second kappa shape index (κ2) is 6.21. The van der Waals surface area contributed by atoms with Crippen LogP contribution in [0.2, 0.25) is 0 Å². The van der Waals surface area contributed by atoms with Crippen LogP contribution < -0.4 is 10.2 Å². The van der Waals surface area contributed by atoms with Crippen LogP contribution in [-0.4, -0.2) is 50.2 Å². The molecule has 4 rings (SSSR count). The van der Waals surface area contributed by atoms with Gasteiger partial charge in [-0.2, -0.15) is 0 Å². The molecule has 1 spiro atoms. The molecule has 0 bridgehead atoms. The van der Waals surface area contributed by atoms with E-state index in [9.17, 15) is 0 Å². The van der Waals surface area contributed by atoms with E-state index in [0.29, 0.717) is 5.41 Å². The van der Waals surface area contributed by atoms with Crippen LogP contribution in [0.5, 0.6) is 0 Å². The van der Waals surface area contributed by atoms with Crippen LogP contribution in [0.4, 0.5) is 5.69 Å². The normalized spacial score (nSPS) is 29.1. The molecule has 0 aromatic heterocycles. The SMILES string of the molecule is c1ccc(N2CC[C@H](N3CCCC4(CCNCC4)C3)C2)cc1. The molecule has 3 nitrogen and oxygen atoms in total. The van der Waals surface area contributed by atoms with E-state index in [4.69, 9.17) is 0 Å². The third-order valence-corrected chi connectivity index (χ3v) is 6.16. The fraction of sp³-hybridized carbons (Fsp3) is 0.684. The summed E-state index contributed by atoms with van der Waals surface area (Å²) in [5.74, 6) is 0. The average Bonchev–Trinajstić information content (AvgIpc) is 3.07. The van der Waals surface area contributed by atoms with E-state index in [0.717, 1.165) is 6.04 Å². The molecule has 0 saturated carbocycles. The molecule has 3 saturated heterocycles. The zero-order chi connectivity index (χ0) is 14.8. The van der Waals surface area contributed by atoms with Gasteiger partial charge >= 0.3 is 0 Å². The molecule has 3 fully saturated rings. The smallest absolute Gasteiger partial charge is 0.0366 e. The van der Waals surface area contributed by atoms with Crippen molar-refractivity contribution in [3.8, 4) is 0 Å². The first-order valence-electron chi connectivity index (χ1n) is 9.10. The minimum absolute atomic E-state index is 0.629. The molecule has 0 aliphatic carbocycles. The van der Waals surface area contributed by atoms with Gasteiger partial charge in [-0.05, 0) is 69.3 Å². The third kappa shape index (κ3) is 2.89. The topological polar surface area (TPSA) is 18.5 Å². The first kappa shape index (κ1) is 14.5. The fourth-order valence-electron chi connectivity index (χ4n) is 4.84. The van der Waals surface area contributed by atoms with Gasteiger partial charge in [-0.1, -0.05) is 18.2 Å². The molecule has 1 N–H and O–H groups in total. The fourth-order valence-corrected chi connectivity index (χ4v) is 4.84. The molecule has 1 atom stereocenters. The highest BCUT2D eigenvalue weighted by Crippen LogP contribution is 2.39. The van der Waals surface area contributed by atoms with Crippen LogP contribution in [0.15, 0.2) is 30.3 Å². The second-order valence-electron chi connectivity index (χ2n) is 7.55. The minimum atomic E-state index is 0.629. The van der Waals surface area contributed by atoms with Gasteiger partial charge in [0.15, 0.2) is 0 Å². The van der Waals surface area contributed by atoms with Crippen LogP contribution in [0.1, 0.15) is 32.1 Å². The Labute approximate surface area is 134 Å². The molecule has 0 unspecified atom stereocenters. The van der Waals surface area contributed by atoms with Gasteiger partial charge in [0.1, 0.15) is 0 Å². The molecule has 22 heavy (non-hydrogen) atoms. The number of rotatable bonds is 2. The van der Waals surface area contributed by atoms with Crippen molar-refractivity contribution in [3.05, 3.63) is 30.3 Å². The number of likely N-dealkylation sites (tertiary alicyclic amines) is 1. The van der Waals surface area contributed by atoms with E-state index < -0.39 is 0 Å². The quantitative estimate of drug-likeness (QED) is 0.906. The summed E-state index contributed by atoms with van der Waals surface area (Å²) in [6, 6.07) is 11.7. The molecule has 120 valence electrons. The Morgan fingerprint density at radius 2 is 1.82 bits per heavy atom. The van der Waals surface area contributed by atoms with Gasteiger partial charge in [-0.25, -0.2) is 0 Å². The Kier molecular flexibility index (Phi) is 4.10. The van der Waals surface area contributed by atoms with E-state index >= 15 is 0 Å². The van der Waals surface area contributed by atoms with Crippen molar-refractivity contribution in [3.63, 3.8) is 0 Å². The number of hydrogen-bond acceptors (Lipinski definition) is 3. The largest absolute Gasteiger partial charge is 0.370 e. The summed E-state index contributed by atoms with van der Waals surface area (Å²) in [4.78, 5) is 5.41. The van der Waals surface area contributed by atoms with E-state index in [1.54, 1.807) is 0 Å². The third-order valence-electron chi connectivity index (χ3n) is 6.16. The van der Waals surface area contributed by atoms with Gasteiger partial charge in [-0.15, -0.1) is 0 Å². The Hall–Kier alpha value is -1.06. The Balaban J connectivity index is 1.40. The lowest BCUT2D eigenvalue weighted by Crippen LogP contribution is -2.52. The van der Waals surface area contributed by atoms with Crippen LogP contribution in [0, 0.1) is 5.41 Å². The molecule has 1 aromatic rings. The van der Waals surface area contributed by atoms with Crippen LogP contribution in [0.25, 0.3) is 0 Å². The maximum Gasteiger partial charge on any atom is 0.0366 e. The minimum Gasteiger partial charge on any atom is -0.370 e. The highest BCUT2D eigenvalue weighted by molar-refractivity contribution is 5.47. The number of benzene rings is 1. The number of piperidine rings is 2. The highest BCUT2D eigenvalue weighted by Gasteiger charge is 2.39. The summed E-state index contributed by atoms with van der Waals surface area (Å²) >= 11 is 0. The Bertz CT molecular complexity index is 475. The standard InChI is InChI=1S/C19H29N3/c1-2-5-17(6-3-1)21-14-7-18(15-21)22-13-4-8-19(16-22)9-11-20-12-10-19/h1-3,5-6,18,20H,4,7-16H2/t18-/m0/s1. The summed E-state index contributed by atoms with van der Waals surface area (Å²) in [6.45, 7) is 7.58. The number of anilines is 1. The Morgan fingerprint density at radius 3 is 2.64 bits per heavy atom. The van der Waals surface area contributed by atoms with Crippen molar-refractivity contribution in [1.82, 2.24) is 10.2 Å². The lowest BCUT2D eigenvalue weighted by molar-refractivity contribution is 0.0383. The van der Waals surface area contributed by atoms with Crippen molar-refractivity contribution < 1.29 is 0 Å². The van der Waals surface area contributed by atoms with Gasteiger partial charge in [0.2, 0.25) is 0 Å². The molecule has 3 heteroatoms. The maximum absolute atomic E-state index is 3.54. The van der Waals surface area contributed by atoms with E-state index in [-0.39, 0.29) is 0 Å². The Morgan fingerprint density at radius 1 is 1.00 bits per heavy atom. The predicted molar refractivity (Wildman–Crippen MR) is 92.4 cm³/mol. The molecular weight excluding hydrogens is 270 g/mol. The van der Waals surface area contributed by atoms with Gasteiger partial charge < -0.3 is 10.2 Å². The lowest BCUT2D eigenvalue weighted by atomic mass is 9.72. The van der Waals surface area contributed by atoms with E-state index in [1.807, 2.05) is 0 Å². The average molecular weight is 299 g/mol. The summed E-state index contributed by atoms with van der Waals surface area (Å²) in [5, 5.41) is 3.54. The summed E-state index contributed by atoms with van der Waals surface area (Å²) in [7, 11) is 0. The van der Waals surface area contributed by atoms with Crippen molar-refractivity contribution >= 4 is 5.69 Å². The molecule has 3 aliphatic heterocycles. The van der Waals surface area contributed by atoms with Gasteiger partial charge in [0.25, 0.3) is 0 Å². The number of hydrogen-bond donors (Lipinski definition) is 1. The zero-order valence-corrected chi connectivity index (χ0v) is 13.6. The first-order valence-corrected chi connectivity index (χ1v) is 9.10.